The van der Waals surface area contributed by atoms with E-state index in [2.05, 4.69) is 15.7 Å². The Hall–Kier alpha value is -0.120. The lowest BCUT2D eigenvalue weighted by Crippen LogP contribution is -2.33. The SMILES string of the molecule is Cc1nc(CNC2CCC(Cl)CC2)cs1. The summed E-state index contributed by atoms with van der Waals surface area (Å²) in [7, 11) is 0. The van der Waals surface area contributed by atoms with Gasteiger partial charge in [-0.05, 0) is 32.6 Å². The van der Waals surface area contributed by atoms with Crippen molar-refractivity contribution in [1.82, 2.24) is 10.3 Å². The second-order valence-corrected chi connectivity index (χ2v) is 5.87. The van der Waals surface area contributed by atoms with Crippen molar-refractivity contribution in [3.63, 3.8) is 0 Å². The van der Waals surface area contributed by atoms with Gasteiger partial charge in [0.15, 0.2) is 0 Å². The Morgan fingerprint density at radius 3 is 2.80 bits per heavy atom. The second kappa shape index (κ2) is 5.28. The monoisotopic (exact) mass is 244 g/mol. The summed E-state index contributed by atoms with van der Waals surface area (Å²) in [6.45, 7) is 2.95. The van der Waals surface area contributed by atoms with E-state index in [0.717, 1.165) is 24.4 Å². The maximum Gasteiger partial charge on any atom is 0.0897 e. The largest absolute Gasteiger partial charge is 0.308 e. The normalized spacial score (nSPS) is 26.8. The van der Waals surface area contributed by atoms with E-state index >= 15 is 0 Å². The van der Waals surface area contributed by atoms with Crippen LogP contribution < -0.4 is 5.32 Å². The molecule has 1 saturated carbocycles. The molecule has 15 heavy (non-hydrogen) atoms. The van der Waals surface area contributed by atoms with Gasteiger partial charge in [0.2, 0.25) is 0 Å². The predicted molar refractivity (Wildman–Crippen MR) is 65.6 cm³/mol. The molecule has 1 aliphatic rings. The topological polar surface area (TPSA) is 24.9 Å². The van der Waals surface area contributed by atoms with Crippen molar-refractivity contribution in [3.8, 4) is 0 Å². The van der Waals surface area contributed by atoms with Crippen LogP contribution in [0.5, 0.6) is 0 Å². The van der Waals surface area contributed by atoms with E-state index in [0.29, 0.717) is 11.4 Å². The van der Waals surface area contributed by atoms with Crippen LogP contribution in [0.2, 0.25) is 0 Å². The summed E-state index contributed by atoms with van der Waals surface area (Å²) in [5, 5.41) is 7.25. The molecule has 4 heteroatoms. The Bertz CT molecular complexity index is 305. The first-order chi connectivity index (χ1) is 7.24. The highest BCUT2D eigenvalue weighted by Gasteiger charge is 2.18. The van der Waals surface area contributed by atoms with Gasteiger partial charge < -0.3 is 5.32 Å². The molecule has 0 aromatic carbocycles. The van der Waals surface area contributed by atoms with Crippen LogP contribution in [0.1, 0.15) is 36.4 Å². The van der Waals surface area contributed by atoms with Crippen molar-refractivity contribution in [2.75, 3.05) is 0 Å². The van der Waals surface area contributed by atoms with Gasteiger partial charge in [-0.2, -0.15) is 0 Å². The number of halogens is 1. The number of hydrogen-bond donors (Lipinski definition) is 1. The van der Waals surface area contributed by atoms with Crippen LogP contribution in [0.3, 0.4) is 0 Å². The van der Waals surface area contributed by atoms with Crippen molar-refractivity contribution in [3.05, 3.63) is 16.1 Å². The predicted octanol–water partition coefficient (Wildman–Crippen LogP) is 3.09. The molecule has 1 aromatic heterocycles. The lowest BCUT2D eigenvalue weighted by Gasteiger charge is -2.25. The summed E-state index contributed by atoms with van der Waals surface area (Å²) >= 11 is 7.78. The van der Waals surface area contributed by atoms with Crippen LogP contribution >= 0.6 is 22.9 Å². The van der Waals surface area contributed by atoms with Gasteiger partial charge in [-0.1, -0.05) is 0 Å². The smallest absolute Gasteiger partial charge is 0.0897 e. The molecular weight excluding hydrogens is 228 g/mol. The van der Waals surface area contributed by atoms with Gasteiger partial charge in [-0.15, -0.1) is 22.9 Å². The number of aryl methyl sites for hydroxylation is 1. The maximum atomic E-state index is 6.06. The van der Waals surface area contributed by atoms with Crippen LogP contribution in [-0.2, 0) is 6.54 Å². The van der Waals surface area contributed by atoms with Gasteiger partial charge in [0.05, 0.1) is 10.7 Å². The Balaban J connectivity index is 1.74. The fourth-order valence-corrected chi connectivity index (χ4v) is 2.86. The van der Waals surface area contributed by atoms with Crippen LogP contribution in [0.25, 0.3) is 0 Å². The molecule has 0 radical (unpaired) electrons. The number of nitrogens with zero attached hydrogens (tertiary/aromatic N) is 1. The summed E-state index contributed by atoms with van der Waals surface area (Å²) in [4.78, 5) is 4.44. The standard InChI is InChI=1S/C11H17ClN2S/c1-8-14-11(7-15-8)6-13-10-4-2-9(12)3-5-10/h7,9-10,13H,2-6H2,1H3. The van der Waals surface area contributed by atoms with E-state index in [1.54, 1.807) is 11.3 Å². The van der Waals surface area contributed by atoms with Crippen molar-refractivity contribution in [2.45, 2.75) is 50.6 Å². The fraction of sp³-hybridized carbons (Fsp3) is 0.727. The molecule has 0 amide bonds. The highest BCUT2D eigenvalue weighted by molar-refractivity contribution is 7.09. The van der Waals surface area contributed by atoms with Gasteiger partial charge >= 0.3 is 0 Å². The highest BCUT2D eigenvalue weighted by atomic mass is 35.5. The van der Waals surface area contributed by atoms with Crippen LogP contribution in [0.4, 0.5) is 0 Å². The summed E-state index contributed by atoms with van der Waals surface area (Å²) < 4.78 is 0. The van der Waals surface area contributed by atoms with Gasteiger partial charge in [0.1, 0.15) is 0 Å². The van der Waals surface area contributed by atoms with Gasteiger partial charge in [0.25, 0.3) is 0 Å². The van der Waals surface area contributed by atoms with E-state index < -0.39 is 0 Å². The molecule has 1 aromatic rings. The molecule has 1 fully saturated rings. The van der Waals surface area contributed by atoms with Crippen molar-refractivity contribution in [2.24, 2.45) is 0 Å². The molecule has 0 unspecified atom stereocenters. The quantitative estimate of drug-likeness (QED) is 0.827. The average Bonchev–Trinajstić information content (AvgIpc) is 2.64. The maximum absolute atomic E-state index is 6.06. The molecule has 84 valence electrons. The average molecular weight is 245 g/mol. The van der Waals surface area contributed by atoms with E-state index in [1.165, 1.54) is 18.5 Å². The summed E-state index contributed by atoms with van der Waals surface area (Å²) in [6, 6.07) is 0.641. The molecule has 1 aliphatic carbocycles. The third kappa shape index (κ3) is 3.44. The molecule has 0 atom stereocenters. The van der Waals surface area contributed by atoms with Crippen LogP contribution in [0, 0.1) is 6.92 Å². The molecule has 1 N–H and O–H groups in total. The Morgan fingerprint density at radius 1 is 1.47 bits per heavy atom. The van der Waals surface area contributed by atoms with E-state index in [4.69, 9.17) is 11.6 Å². The lowest BCUT2D eigenvalue weighted by atomic mass is 9.95. The minimum Gasteiger partial charge on any atom is -0.308 e. The van der Waals surface area contributed by atoms with E-state index in [-0.39, 0.29) is 0 Å². The molecular formula is C11H17ClN2S. The zero-order valence-electron chi connectivity index (χ0n) is 9.00. The van der Waals surface area contributed by atoms with Crippen LogP contribution in [0.15, 0.2) is 5.38 Å². The number of nitrogens with one attached hydrogen (secondary N) is 1. The minimum absolute atomic E-state index is 0.407. The van der Waals surface area contributed by atoms with Crippen molar-refractivity contribution in [1.29, 1.82) is 0 Å². The molecule has 2 rings (SSSR count). The summed E-state index contributed by atoms with van der Waals surface area (Å²) in [6.07, 6.45) is 4.71. The second-order valence-electron chi connectivity index (χ2n) is 4.19. The number of alkyl halides is 1. The molecule has 0 spiro atoms. The molecule has 0 aliphatic heterocycles. The first kappa shape index (κ1) is 11.4. The van der Waals surface area contributed by atoms with Crippen molar-refractivity contribution < 1.29 is 0 Å². The van der Waals surface area contributed by atoms with Crippen molar-refractivity contribution >= 4 is 22.9 Å². The summed E-state index contributed by atoms with van der Waals surface area (Å²) in [5.41, 5.74) is 1.17. The zero-order chi connectivity index (χ0) is 10.7. The molecule has 0 saturated heterocycles. The Labute approximate surface area is 100 Å². The van der Waals surface area contributed by atoms with Crippen LogP contribution in [-0.4, -0.2) is 16.4 Å². The molecule has 2 nitrogen and oxygen atoms in total. The fourth-order valence-electron chi connectivity index (χ4n) is 2.00. The lowest BCUT2D eigenvalue weighted by molar-refractivity contribution is 0.375. The minimum atomic E-state index is 0.407. The van der Waals surface area contributed by atoms with Gasteiger partial charge in [0, 0.05) is 23.3 Å². The number of thiazole rings is 1. The third-order valence-corrected chi connectivity index (χ3v) is 4.15. The van der Waals surface area contributed by atoms with Gasteiger partial charge in [-0.3, -0.25) is 0 Å². The van der Waals surface area contributed by atoms with E-state index in [9.17, 15) is 0 Å². The third-order valence-electron chi connectivity index (χ3n) is 2.90. The zero-order valence-corrected chi connectivity index (χ0v) is 10.6. The molecule has 1 heterocycles. The van der Waals surface area contributed by atoms with E-state index in [1.807, 2.05) is 6.92 Å². The Kier molecular flexibility index (Phi) is 4.00. The Morgan fingerprint density at radius 2 is 2.20 bits per heavy atom. The number of rotatable bonds is 3. The van der Waals surface area contributed by atoms with Gasteiger partial charge in [-0.25, -0.2) is 4.98 Å². The molecule has 0 bridgehead atoms. The number of hydrogen-bond acceptors (Lipinski definition) is 3. The number of aromatic nitrogens is 1. The first-order valence-corrected chi connectivity index (χ1v) is 6.84. The highest BCUT2D eigenvalue weighted by Crippen LogP contribution is 2.23. The first-order valence-electron chi connectivity index (χ1n) is 5.52. The summed E-state index contributed by atoms with van der Waals surface area (Å²) in [5.74, 6) is 0.